The van der Waals surface area contributed by atoms with E-state index in [-0.39, 0.29) is 0 Å². The molecule has 0 amide bonds. The number of rotatable bonds is 2. The average molecular weight is 326 g/mol. The molecule has 0 radical (unpaired) electrons. The van der Waals surface area contributed by atoms with Gasteiger partial charge in [0.25, 0.3) is 0 Å². The molecule has 0 unspecified atom stereocenters. The Morgan fingerprint density at radius 1 is 0.870 bits per heavy atom. The fourth-order valence-corrected chi connectivity index (χ4v) is 2.98. The zero-order valence-corrected chi connectivity index (χ0v) is 13.1. The molecule has 0 aromatic heterocycles. The van der Waals surface area contributed by atoms with E-state index in [2.05, 4.69) is 67.8 Å². The minimum atomic E-state index is -6.00. The van der Waals surface area contributed by atoms with Gasteiger partial charge in [-0.05, 0) is 18.6 Å². The van der Waals surface area contributed by atoms with Gasteiger partial charge in [0, 0.05) is 12.1 Å². The Labute approximate surface area is 133 Å². The molecular weight excluding hydrogens is 307 g/mol. The number of halogens is 4. The van der Waals surface area contributed by atoms with Crippen molar-refractivity contribution in [2.24, 2.45) is 0 Å². The molecule has 2 aromatic rings. The first-order chi connectivity index (χ1) is 10.8. The van der Waals surface area contributed by atoms with Gasteiger partial charge in [-0.2, -0.15) is 0 Å². The summed E-state index contributed by atoms with van der Waals surface area (Å²) in [7, 11) is -3.69. The number of fused-ring (bicyclic) bond motifs is 2. The minimum absolute atomic E-state index is 0.885. The first kappa shape index (κ1) is 17.3. The highest BCUT2D eigenvalue weighted by molar-refractivity contribution is 6.50. The number of quaternary nitrogens is 1. The lowest BCUT2D eigenvalue weighted by Crippen LogP contribution is -2.42. The smallest absolute Gasteiger partial charge is 0.418 e. The summed E-state index contributed by atoms with van der Waals surface area (Å²) in [5.41, 5.74) is 5.18. The number of benzene rings is 2. The molecule has 2 nitrogen and oxygen atoms in total. The summed E-state index contributed by atoms with van der Waals surface area (Å²) in [5.74, 6) is 0. The van der Waals surface area contributed by atoms with E-state index >= 15 is 0 Å². The van der Waals surface area contributed by atoms with E-state index in [0.29, 0.717) is 0 Å². The van der Waals surface area contributed by atoms with Crippen molar-refractivity contribution >= 4 is 30.0 Å². The molecule has 0 spiro atoms. The third-order valence-electron chi connectivity index (χ3n) is 3.81. The molecule has 124 valence electrons. The van der Waals surface area contributed by atoms with Crippen molar-refractivity contribution in [2.45, 2.75) is 13.3 Å². The topological polar surface area (TPSA) is 12.0 Å². The summed E-state index contributed by atoms with van der Waals surface area (Å²) in [6, 6.07) is 17.2. The minimum Gasteiger partial charge on any atom is -0.418 e. The molecule has 7 heteroatoms. The van der Waals surface area contributed by atoms with Crippen LogP contribution in [-0.4, -0.2) is 20.8 Å². The van der Waals surface area contributed by atoms with E-state index in [0.717, 1.165) is 11.0 Å². The Morgan fingerprint density at radius 3 is 1.65 bits per heavy atom. The highest BCUT2D eigenvalue weighted by atomic mass is 19.5. The van der Waals surface area contributed by atoms with Gasteiger partial charge in [-0.3, -0.25) is 4.48 Å². The maximum atomic E-state index is 9.75. The van der Waals surface area contributed by atoms with E-state index in [1.54, 1.807) is 0 Å². The van der Waals surface area contributed by atoms with Crippen LogP contribution >= 0.6 is 0 Å². The lowest BCUT2D eigenvalue weighted by Gasteiger charge is -2.39. The highest BCUT2D eigenvalue weighted by Gasteiger charge is 2.35. The number of nitrogens with one attached hydrogen (secondary N) is 1. The monoisotopic (exact) mass is 326 g/mol. The summed E-state index contributed by atoms with van der Waals surface area (Å²) in [4.78, 5) is 0. The van der Waals surface area contributed by atoms with Crippen LogP contribution < -0.4 is 9.80 Å². The van der Waals surface area contributed by atoms with Crippen molar-refractivity contribution in [1.29, 1.82) is 0 Å². The fourth-order valence-electron chi connectivity index (χ4n) is 2.98. The van der Waals surface area contributed by atoms with Crippen LogP contribution in [0, 0.1) is 0 Å². The Balaban J connectivity index is 0.000000338. The Kier molecular flexibility index (Phi) is 4.99. The molecule has 1 aliphatic rings. The average Bonchev–Trinajstić information content (AvgIpc) is 2.46. The Bertz CT molecular complexity index is 622. The molecule has 1 N–H and O–H groups in total. The zero-order valence-electron chi connectivity index (χ0n) is 13.1. The number of hydrogen-bond acceptors (Lipinski definition) is 1. The second-order valence-electron chi connectivity index (χ2n) is 5.57. The van der Waals surface area contributed by atoms with Gasteiger partial charge in [-0.1, -0.05) is 31.2 Å². The molecule has 23 heavy (non-hydrogen) atoms. The third kappa shape index (κ3) is 4.04. The maximum absolute atomic E-state index is 9.75. The van der Waals surface area contributed by atoms with Crippen molar-refractivity contribution in [3.05, 3.63) is 48.5 Å². The first-order valence-electron chi connectivity index (χ1n) is 7.45. The van der Waals surface area contributed by atoms with Crippen LogP contribution in [0.2, 0.25) is 0 Å². The number of anilines is 2. The second-order valence-corrected chi connectivity index (χ2v) is 5.57. The summed E-state index contributed by atoms with van der Waals surface area (Å²) >= 11 is 0. The predicted octanol–water partition coefficient (Wildman–Crippen LogP) is 5.72. The Hall–Kier alpha value is -2.02. The number of hydrogen-bond donors (Lipinski definition) is 1. The Morgan fingerprint density at radius 2 is 1.26 bits per heavy atom. The summed E-state index contributed by atoms with van der Waals surface area (Å²) in [5, 5.41) is 3.54. The summed E-state index contributed by atoms with van der Waals surface area (Å²) in [6.07, 6.45) is 1.17. The molecule has 0 atom stereocenters. The normalized spacial score (nSPS) is 14.7. The molecule has 3 rings (SSSR count). The first-order valence-corrected chi connectivity index (χ1v) is 7.45. The van der Waals surface area contributed by atoms with Crippen molar-refractivity contribution in [3.63, 3.8) is 0 Å². The van der Waals surface area contributed by atoms with Gasteiger partial charge in [0.1, 0.15) is 11.4 Å². The van der Waals surface area contributed by atoms with Gasteiger partial charge in [0.05, 0.1) is 13.6 Å². The molecule has 0 bridgehead atoms. The number of nitrogens with zero attached hydrogens (tertiary/aromatic N) is 1. The fraction of sp³-hybridized carbons (Fsp3) is 0.250. The second kappa shape index (κ2) is 6.62. The maximum Gasteiger partial charge on any atom is 0.673 e. The molecule has 0 saturated heterocycles. The zero-order chi connectivity index (χ0) is 17.1. The molecule has 1 aliphatic heterocycles. The van der Waals surface area contributed by atoms with E-state index in [1.165, 1.54) is 29.2 Å². The van der Waals surface area contributed by atoms with Crippen LogP contribution in [-0.2, 0) is 0 Å². The van der Waals surface area contributed by atoms with Crippen LogP contribution in [0.25, 0.3) is 0 Å². The molecule has 1 heterocycles. The van der Waals surface area contributed by atoms with Crippen molar-refractivity contribution < 1.29 is 17.3 Å². The van der Waals surface area contributed by atoms with Crippen LogP contribution in [0.5, 0.6) is 0 Å². The van der Waals surface area contributed by atoms with E-state index in [9.17, 15) is 17.3 Å². The predicted molar refractivity (Wildman–Crippen MR) is 88.9 cm³/mol. The summed E-state index contributed by atoms with van der Waals surface area (Å²) in [6.45, 7) is 3.37. The molecule has 0 aliphatic carbocycles. The quantitative estimate of drug-likeness (QED) is 0.423. The van der Waals surface area contributed by atoms with Crippen molar-refractivity contribution in [1.82, 2.24) is 4.48 Å². The molecular formula is C16H19BF4N2. The lowest BCUT2D eigenvalue weighted by atomic mass is 10.1. The van der Waals surface area contributed by atoms with Crippen LogP contribution in [0.4, 0.5) is 40.0 Å². The highest BCUT2D eigenvalue weighted by Crippen LogP contribution is 2.47. The van der Waals surface area contributed by atoms with Crippen LogP contribution in [0.15, 0.2) is 48.5 Å². The van der Waals surface area contributed by atoms with Crippen LogP contribution in [0.3, 0.4) is 0 Å². The number of para-hydroxylation sites is 4. The van der Waals surface area contributed by atoms with Crippen molar-refractivity contribution in [2.75, 3.05) is 18.9 Å². The largest absolute Gasteiger partial charge is 0.673 e. The van der Waals surface area contributed by atoms with E-state index in [1.807, 2.05) is 0 Å². The van der Waals surface area contributed by atoms with Gasteiger partial charge >= 0.3 is 7.25 Å². The van der Waals surface area contributed by atoms with Gasteiger partial charge in [-0.15, -0.1) is 0 Å². The van der Waals surface area contributed by atoms with Gasteiger partial charge in [-0.25, -0.2) is 0 Å². The third-order valence-corrected chi connectivity index (χ3v) is 3.81. The van der Waals surface area contributed by atoms with Crippen molar-refractivity contribution in [3.8, 4) is 0 Å². The SMILES string of the molecule is CCC[N+]1(C)c2ccccc2Nc2ccccc21.F[B-](F)(F)F. The standard InChI is InChI=1S/C16H19N2.BF4/c1-3-12-18(2)15-10-6-4-8-13(15)17-14-9-5-7-11-16(14)18;2-1(3,4)5/h4-11,17H,3,12H2,1-2H3;/q+1;-1. The van der Waals surface area contributed by atoms with Gasteiger partial charge in [0.15, 0.2) is 11.4 Å². The summed E-state index contributed by atoms with van der Waals surface area (Å²) < 4.78 is 39.9. The van der Waals surface area contributed by atoms with Gasteiger partial charge < -0.3 is 22.6 Å². The molecule has 0 fully saturated rings. The lowest BCUT2D eigenvalue weighted by molar-refractivity contribution is 0.368. The van der Waals surface area contributed by atoms with Crippen LogP contribution in [0.1, 0.15) is 13.3 Å². The van der Waals surface area contributed by atoms with E-state index < -0.39 is 7.25 Å². The van der Waals surface area contributed by atoms with E-state index in [4.69, 9.17) is 0 Å². The molecule has 2 aromatic carbocycles. The van der Waals surface area contributed by atoms with Gasteiger partial charge in [0.2, 0.25) is 0 Å². The molecule has 0 saturated carbocycles.